The molecule has 0 aliphatic carbocycles. The number of methoxy groups -OCH3 is 1. The molecule has 0 saturated heterocycles. The molecular formula is C21H26NO3+. The number of nitrogens with two attached hydrogens (primary N) is 1. The molecule has 0 bridgehead atoms. The van der Waals surface area contributed by atoms with Crippen LogP contribution in [0.4, 0.5) is 0 Å². The van der Waals surface area contributed by atoms with Crippen molar-refractivity contribution in [3.8, 4) is 29.6 Å². The first-order valence-electron chi connectivity index (χ1n) is 8.53. The summed E-state index contributed by atoms with van der Waals surface area (Å²) < 4.78 is 16.3. The Balaban J connectivity index is 1.85. The fourth-order valence-corrected chi connectivity index (χ4v) is 2.52. The van der Waals surface area contributed by atoms with Crippen molar-refractivity contribution >= 4 is 0 Å². The summed E-state index contributed by atoms with van der Waals surface area (Å²) in [7, 11) is 1.68. The first-order chi connectivity index (χ1) is 12.3. The Morgan fingerprint density at radius 1 is 1.00 bits per heavy atom. The monoisotopic (exact) mass is 340 g/mol. The summed E-state index contributed by atoms with van der Waals surface area (Å²) in [4.78, 5) is 0. The van der Waals surface area contributed by atoms with Crippen LogP contribution in [0.5, 0.6) is 17.2 Å². The molecule has 2 aromatic rings. The van der Waals surface area contributed by atoms with Crippen LogP contribution in [-0.4, -0.2) is 26.9 Å². The highest BCUT2D eigenvalue weighted by atomic mass is 16.5. The zero-order chi connectivity index (χ0) is 17.9. The van der Waals surface area contributed by atoms with Crippen molar-refractivity contribution in [2.75, 3.05) is 26.9 Å². The van der Waals surface area contributed by atoms with Crippen LogP contribution in [0.3, 0.4) is 0 Å². The van der Waals surface area contributed by atoms with E-state index in [9.17, 15) is 0 Å². The minimum atomic E-state index is 0.243. The van der Waals surface area contributed by atoms with Crippen molar-refractivity contribution in [2.24, 2.45) is 0 Å². The molecule has 0 aliphatic heterocycles. The van der Waals surface area contributed by atoms with Crippen LogP contribution in [0.15, 0.2) is 42.5 Å². The van der Waals surface area contributed by atoms with Gasteiger partial charge in [0.1, 0.15) is 18.9 Å². The van der Waals surface area contributed by atoms with Gasteiger partial charge in [0.15, 0.2) is 11.5 Å². The second-order valence-corrected chi connectivity index (χ2v) is 5.59. The maximum atomic E-state index is 5.65. The van der Waals surface area contributed by atoms with Crippen LogP contribution in [0.2, 0.25) is 0 Å². The molecule has 0 radical (unpaired) electrons. The third-order valence-electron chi connectivity index (χ3n) is 3.80. The standard InChI is InChI=1S/C21H25NO3/c1-4-14-25-20-11-8-18(15-21(20)24-5-2)16-22-13-12-17-6-9-19(23-3)10-7-17/h1,6-11,15,22H,5,12-14,16H2,2-3H3/p+1. The van der Waals surface area contributed by atoms with E-state index in [0.29, 0.717) is 12.4 Å². The average molecular weight is 340 g/mol. The highest BCUT2D eigenvalue weighted by Crippen LogP contribution is 2.28. The summed E-state index contributed by atoms with van der Waals surface area (Å²) >= 11 is 0. The Morgan fingerprint density at radius 3 is 2.44 bits per heavy atom. The number of ether oxygens (including phenoxy) is 3. The van der Waals surface area contributed by atoms with Gasteiger partial charge in [-0.1, -0.05) is 18.1 Å². The van der Waals surface area contributed by atoms with Crippen molar-refractivity contribution in [2.45, 2.75) is 19.9 Å². The Hall–Kier alpha value is -2.64. The van der Waals surface area contributed by atoms with Gasteiger partial charge in [0.2, 0.25) is 0 Å². The van der Waals surface area contributed by atoms with Crippen LogP contribution in [0.1, 0.15) is 18.1 Å². The number of hydrogen-bond acceptors (Lipinski definition) is 3. The Bertz CT molecular complexity index is 689. The average Bonchev–Trinajstić information content (AvgIpc) is 2.65. The molecule has 0 heterocycles. The van der Waals surface area contributed by atoms with Crippen molar-refractivity contribution in [3.05, 3.63) is 53.6 Å². The summed E-state index contributed by atoms with van der Waals surface area (Å²) in [5, 5.41) is 2.29. The molecule has 0 saturated carbocycles. The molecule has 25 heavy (non-hydrogen) atoms. The van der Waals surface area contributed by atoms with Gasteiger partial charge in [-0.15, -0.1) is 6.42 Å². The lowest BCUT2D eigenvalue weighted by molar-refractivity contribution is -0.670. The Kier molecular flexibility index (Phi) is 7.68. The summed E-state index contributed by atoms with van der Waals surface area (Å²) in [5.74, 6) is 4.81. The van der Waals surface area contributed by atoms with Gasteiger partial charge in [-0.3, -0.25) is 0 Å². The normalized spacial score (nSPS) is 10.1. The van der Waals surface area contributed by atoms with Crippen molar-refractivity contribution in [3.63, 3.8) is 0 Å². The van der Waals surface area contributed by atoms with Gasteiger partial charge in [0, 0.05) is 12.0 Å². The Morgan fingerprint density at radius 2 is 1.76 bits per heavy atom. The zero-order valence-corrected chi connectivity index (χ0v) is 15.0. The van der Waals surface area contributed by atoms with E-state index in [1.165, 1.54) is 11.1 Å². The molecule has 0 amide bonds. The van der Waals surface area contributed by atoms with Crippen LogP contribution < -0.4 is 19.5 Å². The topological polar surface area (TPSA) is 44.3 Å². The number of benzene rings is 2. The number of rotatable bonds is 10. The molecule has 0 spiro atoms. The number of terminal acetylenes is 1. The second-order valence-electron chi connectivity index (χ2n) is 5.59. The van der Waals surface area contributed by atoms with E-state index in [2.05, 4.69) is 29.4 Å². The van der Waals surface area contributed by atoms with Crippen molar-refractivity contribution in [1.82, 2.24) is 0 Å². The maximum absolute atomic E-state index is 5.65. The van der Waals surface area contributed by atoms with Gasteiger partial charge >= 0.3 is 0 Å². The van der Waals surface area contributed by atoms with Crippen molar-refractivity contribution in [1.29, 1.82) is 0 Å². The van der Waals surface area contributed by atoms with E-state index in [1.807, 2.05) is 31.2 Å². The van der Waals surface area contributed by atoms with E-state index in [4.69, 9.17) is 20.6 Å². The fraction of sp³-hybridized carbons (Fsp3) is 0.333. The van der Waals surface area contributed by atoms with Gasteiger partial charge in [-0.2, -0.15) is 0 Å². The highest BCUT2D eigenvalue weighted by Gasteiger charge is 2.07. The second kappa shape index (κ2) is 10.3. The van der Waals surface area contributed by atoms with Crippen LogP contribution in [0.25, 0.3) is 0 Å². The lowest BCUT2D eigenvalue weighted by Crippen LogP contribution is -2.83. The molecular weight excluding hydrogens is 314 g/mol. The lowest BCUT2D eigenvalue weighted by Gasteiger charge is -2.11. The SMILES string of the molecule is C#CCOc1ccc(C[NH2+]CCc2ccc(OC)cc2)cc1OCC. The Labute approximate surface area is 150 Å². The first kappa shape index (κ1) is 18.7. The summed E-state index contributed by atoms with van der Waals surface area (Å²) in [6.45, 7) is 4.71. The van der Waals surface area contributed by atoms with E-state index in [-0.39, 0.29) is 6.61 Å². The van der Waals surface area contributed by atoms with Gasteiger partial charge in [-0.25, -0.2) is 0 Å². The van der Waals surface area contributed by atoms with Gasteiger partial charge in [0.25, 0.3) is 0 Å². The summed E-state index contributed by atoms with van der Waals surface area (Å²) in [5.41, 5.74) is 2.51. The molecule has 0 unspecified atom stereocenters. The van der Waals surface area contributed by atoms with E-state index < -0.39 is 0 Å². The quantitative estimate of drug-likeness (QED) is 0.534. The molecule has 2 N–H and O–H groups in total. The van der Waals surface area contributed by atoms with Crippen LogP contribution in [-0.2, 0) is 13.0 Å². The fourth-order valence-electron chi connectivity index (χ4n) is 2.52. The highest BCUT2D eigenvalue weighted by molar-refractivity contribution is 5.43. The van der Waals surface area contributed by atoms with Crippen LogP contribution in [0, 0.1) is 12.3 Å². The lowest BCUT2D eigenvalue weighted by atomic mass is 10.1. The molecule has 0 fully saturated rings. The molecule has 132 valence electrons. The first-order valence-corrected chi connectivity index (χ1v) is 8.53. The third kappa shape index (κ3) is 6.06. The molecule has 2 rings (SSSR count). The summed E-state index contributed by atoms with van der Waals surface area (Å²) in [6, 6.07) is 14.2. The third-order valence-corrected chi connectivity index (χ3v) is 3.80. The predicted octanol–water partition coefficient (Wildman–Crippen LogP) is 2.41. The smallest absolute Gasteiger partial charge is 0.162 e. The minimum Gasteiger partial charge on any atom is -0.497 e. The van der Waals surface area contributed by atoms with Gasteiger partial charge in [0.05, 0.1) is 20.3 Å². The number of hydrogen-bond donors (Lipinski definition) is 1. The van der Waals surface area contributed by atoms with E-state index >= 15 is 0 Å². The molecule has 0 aliphatic rings. The van der Waals surface area contributed by atoms with E-state index in [1.54, 1.807) is 7.11 Å². The number of quaternary nitrogens is 1. The minimum absolute atomic E-state index is 0.243. The molecule has 0 atom stereocenters. The van der Waals surface area contributed by atoms with E-state index in [0.717, 1.165) is 31.0 Å². The van der Waals surface area contributed by atoms with Crippen molar-refractivity contribution < 1.29 is 19.5 Å². The van der Waals surface area contributed by atoms with Crippen LogP contribution >= 0.6 is 0 Å². The molecule has 4 heteroatoms. The maximum Gasteiger partial charge on any atom is 0.162 e. The molecule has 4 nitrogen and oxygen atoms in total. The molecule has 0 aromatic heterocycles. The largest absolute Gasteiger partial charge is 0.497 e. The molecule has 2 aromatic carbocycles. The predicted molar refractivity (Wildman–Crippen MR) is 99.1 cm³/mol. The summed E-state index contributed by atoms with van der Waals surface area (Å²) in [6.07, 6.45) is 6.27. The van der Waals surface area contributed by atoms with Gasteiger partial charge < -0.3 is 19.5 Å². The van der Waals surface area contributed by atoms with Gasteiger partial charge in [-0.05, 0) is 42.8 Å². The zero-order valence-electron chi connectivity index (χ0n) is 15.0.